The number of fused-ring (bicyclic) bond motifs is 1. The van der Waals surface area contributed by atoms with E-state index in [0.29, 0.717) is 11.7 Å². The minimum Gasteiger partial charge on any atom is -0.467 e. The van der Waals surface area contributed by atoms with Crippen LogP contribution in [0.5, 0.6) is 0 Å². The third-order valence-corrected chi connectivity index (χ3v) is 5.82. The Bertz CT molecular complexity index is 818. The Morgan fingerprint density at radius 1 is 1.36 bits per heavy atom. The summed E-state index contributed by atoms with van der Waals surface area (Å²) in [5.74, 6) is 1.16. The summed E-state index contributed by atoms with van der Waals surface area (Å²) in [6.45, 7) is 6.88. The Kier molecular flexibility index (Phi) is 8.03. The van der Waals surface area contributed by atoms with Gasteiger partial charge in [0, 0.05) is 22.9 Å². The number of anilines is 1. The molecule has 0 fully saturated rings. The van der Waals surface area contributed by atoms with E-state index in [1.165, 1.54) is 10.4 Å². The summed E-state index contributed by atoms with van der Waals surface area (Å²) in [7, 11) is 0. The fraction of sp³-hybridized carbons (Fsp3) is 0.353. The molecule has 3 aromatic heterocycles. The molecule has 3 rings (SSSR count). The minimum atomic E-state index is 0. The van der Waals surface area contributed by atoms with E-state index in [1.54, 1.807) is 17.6 Å². The van der Waals surface area contributed by atoms with Gasteiger partial charge in [-0.15, -0.1) is 36.2 Å². The van der Waals surface area contributed by atoms with Crippen molar-refractivity contribution >= 4 is 63.7 Å². The Hall–Kier alpha value is -0.980. The van der Waals surface area contributed by atoms with Gasteiger partial charge in [-0.3, -0.25) is 0 Å². The van der Waals surface area contributed by atoms with Crippen molar-refractivity contribution < 1.29 is 4.42 Å². The van der Waals surface area contributed by atoms with E-state index in [4.69, 9.17) is 21.8 Å². The fourth-order valence-electron chi connectivity index (χ4n) is 2.56. The van der Waals surface area contributed by atoms with Crippen LogP contribution >= 0.6 is 47.8 Å². The summed E-state index contributed by atoms with van der Waals surface area (Å²) in [6.07, 6.45) is 1.67. The van der Waals surface area contributed by atoms with Crippen LogP contribution in [-0.2, 0) is 6.54 Å². The molecule has 3 N–H and O–H groups in total. The second-order valence-corrected chi connectivity index (χ2v) is 7.28. The number of nitrogens with one attached hydrogen (secondary N) is 1. The molecular weight excluding hydrogens is 401 g/mol. The molecule has 0 bridgehead atoms. The molecule has 2 atom stereocenters. The highest BCUT2D eigenvalue weighted by atomic mass is 35.5. The Labute approximate surface area is 169 Å². The Morgan fingerprint density at radius 3 is 2.68 bits per heavy atom. The molecule has 0 aliphatic rings. The Morgan fingerprint density at radius 2 is 2.08 bits per heavy atom. The van der Waals surface area contributed by atoms with Gasteiger partial charge in [0.05, 0.1) is 28.7 Å². The lowest BCUT2D eigenvalue weighted by Gasteiger charge is -2.14. The maximum absolute atomic E-state index is 6.21. The van der Waals surface area contributed by atoms with Crippen LogP contribution in [0.25, 0.3) is 10.2 Å². The van der Waals surface area contributed by atoms with Crippen LogP contribution in [0, 0.1) is 6.92 Å². The van der Waals surface area contributed by atoms with Crippen molar-refractivity contribution in [3.8, 4) is 0 Å². The number of furan rings is 1. The van der Waals surface area contributed by atoms with Crippen LogP contribution in [0.3, 0.4) is 0 Å². The van der Waals surface area contributed by atoms with Gasteiger partial charge in [-0.1, -0.05) is 18.5 Å². The normalized spacial score (nSPS) is 13.0. The van der Waals surface area contributed by atoms with E-state index in [1.807, 2.05) is 25.1 Å². The molecule has 25 heavy (non-hydrogen) atoms. The highest BCUT2D eigenvalue weighted by Crippen LogP contribution is 2.40. The zero-order valence-corrected chi connectivity index (χ0v) is 17.4. The van der Waals surface area contributed by atoms with Crippen LogP contribution in [0.15, 0.2) is 28.9 Å². The number of nitrogens with zero attached hydrogens (tertiary/aromatic N) is 1. The maximum Gasteiger partial charge on any atom is 0.131 e. The standard InChI is InChI=1S/C17H20ClN3OS.2ClH/c1-9(11(3)19)16-10(2)15-17(23-16)13(7-14(18)21-15)20-8-12-5-4-6-22-12;;/h4-7,9,11H,8,19H2,1-3H3,(H,20,21);2*1H/t9-,11+;;/m1../s1. The van der Waals surface area contributed by atoms with Gasteiger partial charge in [-0.2, -0.15) is 0 Å². The van der Waals surface area contributed by atoms with E-state index in [-0.39, 0.29) is 36.8 Å². The number of pyridine rings is 1. The van der Waals surface area contributed by atoms with Gasteiger partial charge in [0.15, 0.2) is 0 Å². The van der Waals surface area contributed by atoms with Crippen LogP contribution in [0.1, 0.15) is 36.0 Å². The van der Waals surface area contributed by atoms with Gasteiger partial charge in [0.1, 0.15) is 10.9 Å². The summed E-state index contributed by atoms with van der Waals surface area (Å²) < 4.78 is 6.48. The number of aryl methyl sites for hydroxylation is 1. The number of aromatic nitrogens is 1. The number of nitrogens with two attached hydrogens (primary N) is 1. The molecule has 0 amide bonds. The summed E-state index contributed by atoms with van der Waals surface area (Å²) in [5.41, 5.74) is 9.18. The van der Waals surface area contributed by atoms with E-state index < -0.39 is 0 Å². The van der Waals surface area contributed by atoms with Crippen LogP contribution < -0.4 is 11.1 Å². The van der Waals surface area contributed by atoms with E-state index in [0.717, 1.165) is 21.7 Å². The smallest absolute Gasteiger partial charge is 0.131 e. The first-order chi connectivity index (χ1) is 11.0. The van der Waals surface area contributed by atoms with Gasteiger partial charge < -0.3 is 15.5 Å². The molecule has 0 saturated carbocycles. The second-order valence-electron chi connectivity index (χ2n) is 5.84. The van der Waals surface area contributed by atoms with Crippen LogP contribution in [-0.4, -0.2) is 11.0 Å². The first-order valence-corrected chi connectivity index (χ1v) is 8.78. The quantitative estimate of drug-likeness (QED) is 0.513. The monoisotopic (exact) mass is 421 g/mol. The lowest BCUT2D eigenvalue weighted by Crippen LogP contribution is -2.22. The predicted molar refractivity (Wildman–Crippen MR) is 112 cm³/mol. The Balaban J connectivity index is 0.00000156. The van der Waals surface area contributed by atoms with Crippen molar-refractivity contribution in [2.75, 3.05) is 5.32 Å². The van der Waals surface area contributed by atoms with Crippen molar-refractivity contribution in [2.45, 2.75) is 39.3 Å². The van der Waals surface area contributed by atoms with Gasteiger partial charge in [0.25, 0.3) is 0 Å². The topological polar surface area (TPSA) is 64.1 Å². The minimum absolute atomic E-state index is 0. The SMILES string of the molecule is Cc1c([C@H](C)[C@H](C)N)sc2c(NCc3ccco3)cc(Cl)nc12.Cl.Cl. The molecule has 0 spiro atoms. The highest BCUT2D eigenvalue weighted by Gasteiger charge is 2.20. The van der Waals surface area contributed by atoms with Crippen molar-refractivity contribution in [1.82, 2.24) is 4.98 Å². The van der Waals surface area contributed by atoms with Gasteiger partial charge in [0.2, 0.25) is 0 Å². The molecule has 0 radical (unpaired) electrons. The average molecular weight is 423 g/mol. The molecule has 138 valence electrons. The number of halogens is 3. The number of hydrogen-bond donors (Lipinski definition) is 2. The molecule has 0 aliphatic heterocycles. The highest BCUT2D eigenvalue weighted by molar-refractivity contribution is 7.20. The lowest BCUT2D eigenvalue weighted by atomic mass is 9.99. The summed E-state index contributed by atoms with van der Waals surface area (Å²) in [6, 6.07) is 5.78. The zero-order valence-electron chi connectivity index (χ0n) is 14.2. The molecule has 0 unspecified atom stereocenters. The van der Waals surface area contributed by atoms with Crippen molar-refractivity contribution in [3.05, 3.63) is 45.8 Å². The van der Waals surface area contributed by atoms with Gasteiger partial charge >= 0.3 is 0 Å². The third-order valence-electron chi connectivity index (χ3n) is 4.11. The van der Waals surface area contributed by atoms with Gasteiger partial charge in [-0.05, 0) is 31.5 Å². The van der Waals surface area contributed by atoms with E-state index in [9.17, 15) is 0 Å². The molecule has 8 heteroatoms. The van der Waals surface area contributed by atoms with Crippen LogP contribution in [0.2, 0.25) is 5.15 Å². The number of rotatable bonds is 5. The first-order valence-electron chi connectivity index (χ1n) is 7.58. The molecule has 0 saturated heterocycles. The first kappa shape index (κ1) is 22.1. The van der Waals surface area contributed by atoms with Crippen molar-refractivity contribution in [3.63, 3.8) is 0 Å². The number of hydrogen-bond acceptors (Lipinski definition) is 5. The molecule has 0 aromatic carbocycles. The second kappa shape index (κ2) is 9.10. The molecule has 0 aliphatic carbocycles. The van der Waals surface area contributed by atoms with E-state index in [2.05, 4.69) is 24.1 Å². The molecule has 4 nitrogen and oxygen atoms in total. The summed E-state index contributed by atoms with van der Waals surface area (Å²) in [5, 5.41) is 3.89. The molecule has 3 heterocycles. The van der Waals surface area contributed by atoms with Gasteiger partial charge in [-0.25, -0.2) is 4.98 Å². The maximum atomic E-state index is 6.21. The zero-order chi connectivity index (χ0) is 16.6. The van der Waals surface area contributed by atoms with Crippen molar-refractivity contribution in [1.29, 1.82) is 0 Å². The molecule has 3 aromatic rings. The largest absolute Gasteiger partial charge is 0.467 e. The fourth-order valence-corrected chi connectivity index (χ4v) is 4.16. The lowest BCUT2D eigenvalue weighted by molar-refractivity contribution is 0.518. The van der Waals surface area contributed by atoms with Crippen LogP contribution in [0.4, 0.5) is 5.69 Å². The third kappa shape index (κ3) is 4.60. The predicted octanol–water partition coefficient (Wildman–Crippen LogP) is 5.76. The summed E-state index contributed by atoms with van der Waals surface area (Å²) >= 11 is 7.95. The molecular formula is C17H22Cl3N3OS. The summed E-state index contributed by atoms with van der Waals surface area (Å²) in [4.78, 5) is 5.78. The number of thiophene rings is 1. The van der Waals surface area contributed by atoms with E-state index >= 15 is 0 Å². The average Bonchev–Trinajstić information content (AvgIpc) is 3.13. The van der Waals surface area contributed by atoms with Crippen molar-refractivity contribution in [2.24, 2.45) is 5.73 Å².